The van der Waals surface area contributed by atoms with Crippen LogP contribution in [-0.2, 0) is 0 Å². The van der Waals surface area contributed by atoms with Crippen molar-refractivity contribution in [2.45, 2.75) is 16.9 Å². The Bertz CT molecular complexity index is 302. The minimum absolute atomic E-state index is 0.501. The van der Waals surface area contributed by atoms with Crippen LogP contribution in [0.25, 0.3) is 0 Å². The second-order valence-electron chi connectivity index (χ2n) is 3.64. The molecule has 0 aromatic heterocycles. The molecule has 1 aromatic rings. The van der Waals surface area contributed by atoms with Crippen molar-refractivity contribution >= 4 is 23.5 Å². The first-order valence-electron chi connectivity index (χ1n) is 5.32. The number of hydrogen-bond acceptors (Lipinski definition) is 2. The van der Waals surface area contributed by atoms with Crippen molar-refractivity contribution < 1.29 is 0 Å². The molecule has 0 saturated carbocycles. The summed E-state index contributed by atoms with van der Waals surface area (Å²) in [5, 5.41) is 0. The van der Waals surface area contributed by atoms with Crippen LogP contribution in [0.2, 0.25) is 0 Å². The van der Waals surface area contributed by atoms with E-state index >= 15 is 0 Å². The zero-order valence-electron chi connectivity index (χ0n) is 8.76. The second-order valence-corrected chi connectivity index (χ2v) is 6.43. The molecule has 1 heterocycles. The predicted octanol–water partition coefficient (Wildman–Crippen LogP) is 4.15. The lowest BCUT2D eigenvalue weighted by Gasteiger charge is -2.27. The summed E-state index contributed by atoms with van der Waals surface area (Å²) >= 11 is 4.16. The average molecular weight is 236 g/mol. The minimum Gasteiger partial charge on any atom is -0.147 e. The zero-order chi connectivity index (χ0) is 10.5. The third-order valence-electron chi connectivity index (χ3n) is 2.58. The summed E-state index contributed by atoms with van der Waals surface area (Å²) in [4.78, 5) is 0. The van der Waals surface area contributed by atoms with Gasteiger partial charge in [0.2, 0.25) is 0 Å². The van der Waals surface area contributed by atoms with E-state index in [0.29, 0.717) is 10.5 Å². The molecule has 1 aromatic carbocycles. The summed E-state index contributed by atoms with van der Waals surface area (Å²) in [6.45, 7) is 3.99. The molecule has 0 bridgehead atoms. The number of allylic oxidation sites excluding steroid dienone is 1. The summed E-state index contributed by atoms with van der Waals surface area (Å²) in [7, 11) is 0. The average Bonchev–Trinajstić information content (AvgIpc) is 2.33. The van der Waals surface area contributed by atoms with E-state index in [4.69, 9.17) is 0 Å². The molecular weight excluding hydrogens is 220 g/mol. The molecule has 80 valence electrons. The van der Waals surface area contributed by atoms with Gasteiger partial charge in [-0.3, -0.25) is 0 Å². The highest BCUT2D eigenvalue weighted by atomic mass is 32.2. The van der Waals surface area contributed by atoms with Gasteiger partial charge in [0.15, 0.2) is 0 Å². The van der Waals surface area contributed by atoms with Gasteiger partial charge in [-0.05, 0) is 23.5 Å². The van der Waals surface area contributed by atoms with Crippen LogP contribution >= 0.6 is 23.5 Å². The van der Waals surface area contributed by atoms with E-state index in [0.717, 1.165) is 0 Å². The van der Waals surface area contributed by atoms with Crippen LogP contribution in [0, 0.1) is 0 Å². The van der Waals surface area contributed by atoms with Crippen molar-refractivity contribution in [3.05, 3.63) is 48.6 Å². The van der Waals surface area contributed by atoms with Crippen LogP contribution in [-0.4, -0.2) is 16.1 Å². The first kappa shape index (κ1) is 11.2. The molecule has 0 aliphatic carbocycles. The lowest BCUT2D eigenvalue weighted by molar-refractivity contribution is 0.929. The van der Waals surface area contributed by atoms with Gasteiger partial charge in [-0.15, -0.1) is 30.1 Å². The Kier molecular flexibility index (Phi) is 4.21. The molecule has 0 nitrogen and oxygen atoms in total. The van der Waals surface area contributed by atoms with Crippen molar-refractivity contribution in [2.75, 3.05) is 11.5 Å². The molecule has 1 saturated heterocycles. The molecule has 1 atom stereocenters. The van der Waals surface area contributed by atoms with E-state index in [-0.39, 0.29) is 0 Å². The summed E-state index contributed by atoms with van der Waals surface area (Å²) < 4.78 is 0.665. The molecule has 2 heteroatoms. The fraction of sp³-hybridized carbons (Fsp3) is 0.385. The SMILES string of the molecule is C=CC(c1ccccc1)C1SCCCS1. The largest absolute Gasteiger partial charge is 0.147 e. The number of hydrogen-bond donors (Lipinski definition) is 0. The van der Waals surface area contributed by atoms with Gasteiger partial charge in [-0.2, -0.15) is 0 Å². The van der Waals surface area contributed by atoms with Gasteiger partial charge in [-0.25, -0.2) is 0 Å². The molecule has 1 fully saturated rings. The minimum atomic E-state index is 0.501. The van der Waals surface area contributed by atoms with Crippen molar-refractivity contribution in [3.63, 3.8) is 0 Å². The smallest absolute Gasteiger partial charge is 0.0605 e. The highest BCUT2D eigenvalue weighted by molar-refractivity contribution is 8.17. The van der Waals surface area contributed by atoms with Gasteiger partial charge < -0.3 is 0 Å². The van der Waals surface area contributed by atoms with Crippen LogP contribution in [0.5, 0.6) is 0 Å². The maximum Gasteiger partial charge on any atom is 0.0605 e. The highest BCUT2D eigenvalue weighted by Gasteiger charge is 2.23. The first-order valence-corrected chi connectivity index (χ1v) is 7.42. The first-order chi connectivity index (χ1) is 7.42. The van der Waals surface area contributed by atoms with Gasteiger partial charge in [0.05, 0.1) is 4.58 Å². The zero-order valence-corrected chi connectivity index (χ0v) is 10.4. The lowest BCUT2D eigenvalue weighted by atomic mass is 10.0. The summed E-state index contributed by atoms with van der Waals surface area (Å²) in [5.74, 6) is 3.10. The van der Waals surface area contributed by atoms with Crippen molar-refractivity contribution in [3.8, 4) is 0 Å². The molecule has 0 N–H and O–H groups in total. The number of rotatable bonds is 3. The normalized spacial score (nSPS) is 19.7. The Morgan fingerprint density at radius 3 is 2.47 bits per heavy atom. The molecule has 0 amide bonds. The Balaban J connectivity index is 2.12. The summed E-state index contributed by atoms with van der Waals surface area (Å²) in [6, 6.07) is 10.7. The van der Waals surface area contributed by atoms with Gasteiger partial charge >= 0.3 is 0 Å². The molecule has 15 heavy (non-hydrogen) atoms. The Hall–Kier alpha value is -0.340. The molecule has 0 radical (unpaired) electrons. The van der Waals surface area contributed by atoms with Crippen molar-refractivity contribution in [2.24, 2.45) is 0 Å². The lowest BCUT2D eigenvalue weighted by Crippen LogP contribution is -2.14. The van der Waals surface area contributed by atoms with E-state index in [2.05, 4.69) is 66.5 Å². The number of thioether (sulfide) groups is 2. The molecule has 1 aliphatic rings. The second kappa shape index (κ2) is 5.66. The highest BCUT2D eigenvalue weighted by Crippen LogP contribution is 2.40. The Morgan fingerprint density at radius 2 is 1.87 bits per heavy atom. The van der Waals surface area contributed by atoms with Crippen LogP contribution in [0.3, 0.4) is 0 Å². The fourth-order valence-electron chi connectivity index (χ4n) is 1.79. The molecule has 1 unspecified atom stereocenters. The third kappa shape index (κ3) is 2.82. The van der Waals surface area contributed by atoms with E-state index in [9.17, 15) is 0 Å². The van der Waals surface area contributed by atoms with Gasteiger partial charge in [0.25, 0.3) is 0 Å². The summed E-state index contributed by atoms with van der Waals surface area (Å²) in [5.41, 5.74) is 1.40. The summed E-state index contributed by atoms with van der Waals surface area (Å²) in [6.07, 6.45) is 3.45. The topological polar surface area (TPSA) is 0 Å². The Labute approximate surface area is 101 Å². The van der Waals surface area contributed by atoms with Crippen molar-refractivity contribution in [1.29, 1.82) is 0 Å². The van der Waals surface area contributed by atoms with Crippen LogP contribution < -0.4 is 0 Å². The van der Waals surface area contributed by atoms with Crippen LogP contribution in [0.4, 0.5) is 0 Å². The maximum absolute atomic E-state index is 3.99. The predicted molar refractivity (Wildman–Crippen MR) is 72.7 cm³/mol. The van der Waals surface area contributed by atoms with Gasteiger partial charge in [0.1, 0.15) is 0 Å². The maximum atomic E-state index is 3.99. The van der Waals surface area contributed by atoms with Gasteiger partial charge in [-0.1, -0.05) is 36.4 Å². The van der Waals surface area contributed by atoms with Gasteiger partial charge in [0, 0.05) is 5.92 Å². The molecule has 0 spiro atoms. The van der Waals surface area contributed by atoms with E-state index in [1.165, 1.54) is 23.5 Å². The number of benzene rings is 1. The van der Waals surface area contributed by atoms with E-state index in [1.54, 1.807) is 0 Å². The van der Waals surface area contributed by atoms with Crippen LogP contribution in [0.15, 0.2) is 43.0 Å². The van der Waals surface area contributed by atoms with E-state index < -0.39 is 0 Å². The van der Waals surface area contributed by atoms with E-state index in [1.807, 2.05) is 0 Å². The third-order valence-corrected chi connectivity index (χ3v) is 5.69. The van der Waals surface area contributed by atoms with Crippen molar-refractivity contribution in [1.82, 2.24) is 0 Å². The quantitative estimate of drug-likeness (QED) is 0.723. The fourth-order valence-corrected chi connectivity index (χ4v) is 4.98. The Morgan fingerprint density at radius 1 is 1.20 bits per heavy atom. The monoisotopic (exact) mass is 236 g/mol. The molecular formula is C13H16S2. The molecule has 2 rings (SSSR count). The van der Waals surface area contributed by atoms with Crippen LogP contribution in [0.1, 0.15) is 17.9 Å². The standard InChI is InChI=1S/C13H16S2/c1-2-12(11-7-4-3-5-8-11)13-14-9-6-10-15-13/h2-5,7-8,12-13H,1,6,9-10H2. The molecule has 1 aliphatic heterocycles.